The van der Waals surface area contributed by atoms with Crippen molar-refractivity contribution in [1.82, 2.24) is 4.57 Å². The number of para-hydroxylation sites is 1. The molecule has 0 amide bonds. The molecule has 148 valence electrons. The summed E-state index contributed by atoms with van der Waals surface area (Å²) < 4.78 is 18.2. The molecule has 0 aliphatic heterocycles. The fraction of sp³-hybridized carbons (Fsp3) is 0.364. The Morgan fingerprint density at radius 2 is 1.89 bits per heavy atom. The summed E-state index contributed by atoms with van der Waals surface area (Å²) in [5, 5.41) is 0.795. The molecule has 0 N–H and O–H groups in total. The number of carbonyl (C=O) groups excluding carboxylic acids is 2. The Labute approximate surface area is 164 Å². The van der Waals surface area contributed by atoms with Gasteiger partial charge in [-0.15, -0.1) is 0 Å². The molecule has 28 heavy (non-hydrogen) atoms. The van der Waals surface area contributed by atoms with Gasteiger partial charge < -0.3 is 18.5 Å². The molecule has 1 aromatic carbocycles. The van der Waals surface area contributed by atoms with Crippen molar-refractivity contribution in [3.05, 3.63) is 58.6 Å². The first-order valence-electron chi connectivity index (χ1n) is 9.23. The summed E-state index contributed by atoms with van der Waals surface area (Å²) in [6.45, 7) is 7.86. The monoisotopic (exact) mass is 383 g/mol. The average Bonchev–Trinajstić information content (AvgIpc) is 3.17. The Hall–Kier alpha value is -2.86. The highest BCUT2D eigenvalue weighted by atomic mass is 16.5. The van der Waals surface area contributed by atoms with E-state index in [1.807, 2.05) is 38.1 Å². The number of hydrogen-bond donors (Lipinski definition) is 0. The molecule has 0 saturated heterocycles. The van der Waals surface area contributed by atoms with Gasteiger partial charge in [-0.3, -0.25) is 4.79 Å². The lowest BCUT2D eigenvalue weighted by Gasteiger charge is -2.13. The highest BCUT2D eigenvalue weighted by molar-refractivity contribution is 6.01. The molecule has 0 bridgehead atoms. The van der Waals surface area contributed by atoms with Crippen LogP contribution in [0.15, 0.2) is 34.7 Å². The second-order valence-electron chi connectivity index (χ2n) is 7.09. The van der Waals surface area contributed by atoms with Crippen molar-refractivity contribution in [2.45, 2.75) is 40.3 Å². The number of aromatic nitrogens is 1. The van der Waals surface area contributed by atoms with Crippen LogP contribution in [0, 0.1) is 13.8 Å². The number of ether oxygens (including phenoxy) is 2. The summed E-state index contributed by atoms with van der Waals surface area (Å²) in [5.41, 5.74) is 3.64. The molecule has 0 atom stereocenters. The van der Waals surface area contributed by atoms with Crippen LogP contribution in [-0.2, 0) is 16.1 Å². The zero-order valence-corrected chi connectivity index (χ0v) is 16.9. The zero-order valence-electron chi connectivity index (χ0n) is 16.9. The number of nitrogens with zero attached hydrogens (tertiary/aromatic N) is 1. The number of fused-ring (bicyclic) bond motifs is 1. The lowest BCUT2D eigenvalue weighted by atomic mass is 10.1. The van der Waals surface area contributed by atoms with Crippen molar-refractivity contribution in [2.75, 3.05) is 13.7 Å². The summed E-state index contributed by atoms with van der Waals surface area (Å²) in [6.07, 6.45) is 0. The molecule has 0 aliphatic rings. The number of methoxy groups -OCH3 is 1. The number of hydrogen-bond acceptors (Lipinski definition) is 5. The van der Waals surface area contributed by atoms with Gasteiger partial charge in [-0.05, 0) is 39.8 Å². The van der Waals surface area contributed by atoms with Crippen LogP contribution in [0.1, 0.15) is 57.8 Å². The van der Waals surface area contributed by atoms with E-state index in [-0.39, 0.29) is 30.8 Å². The highest BCUT2D eigenvalue weighted by Crippen LogP contribution is 2.27. The molecule has 3 rings (SSSR count). The van der Waals surface area contributed by atoms with Crippen LogP contribution in [0.5, 0.6) is 0 Å². The van der Waals surface area contributed by atoms with E-state index < -0.39 is 5.97 Å². The minimum atomic E-state index is -0.672. The second-order valence-corrected chi connectivity index (χ2v) is 7.09. The second kappa shape index (κ2) is 8.02. The van der Waals surface area contributed by atoms with Crippen LogP contribution >= 0.6 is 0 Å². The van der Waals surface area contributed by atoms with E-state index in [0.29, 0.717) is 16.7 Å². The molecule has 0 fully saturated rings. The maximum absolute atomic E-state index is 12.6. The first kappa shape index (κ1) is 19.9. The summed E-state index contributed by atoms with van der Waals surface area (Å²) in [4.78, 5) is 25.2. The SMILES string of the molecule is COCc1c(C(=O)OCC(=O)c2cc(C)n(C(C)C)c2C)oc2ccccc12. The third-order valence-corrected chi connectivity index (χ3v) is 4.81. The van der Waals surface area contributed by atoms with Crippen molar-refractivity contribution in [3.8, 4) is 0 Å². The molecule has 0 spiro atoms. The van der Waals surface area contributed by atoms with Crippen molar-refractivity contribution in [1.29, 1.82) is 0 Å². The van der Waals surface area contributed by atoms with Gasteiger partial charge in [0.2, 0.25) is 11.5 Å². The Morgan fingerprint density at radius 3 is 2.54 bits per heavy atom. The molecule has 6 heteroatoms. The normalized spacial score (nSPS) is 11.4. The third-order valence-electron chi connectivity index (χ3n) is 4.81. The summed E-state index contributed by atoms with van der Waals surface area (Å²) in [7, 11) is 1.55. The van der Waals surface area contributed by atoms with Crippen LogP contribution in [0.25, 0.3) is 11.0 Å². The van der Waals surface area contributed by atoms with Gasteiger partial charge in [0.1, 0.15) is 5.58 Å². The molecule has 6 nitrogen and oxygen atoms in total. The van der Waals surface area contributed by atoms with Crippen molar-refractivity contribution in [2.24, 2.45) is 0 Å². The molecule has 2 heterocycles. The number of Topliss-reactive ketones (excluding diaryl/α,β-unsaturated/α-hetero) is 1. The van der Waals surface area contributed by atoms with Crippen molar-refractivity contribution >= 4 is 22.7 Å². The maximum atomic E-state index is 12.6. The van der Waals surface area contributed by atoms with Crippen LogP contribution in [-0.4, -0.2) is 30.0 Å². The number of aryl methyl sites for hydroxylation is 1. The van der Waals surface area contributed by atoms with E-state index in [4.69, 9.17) is 13.9 Å². The third kappa shape index (κ3) is 3.60. The Bertz CT molecular complexity index is 1030. The molecule has 0 unspecified atom stereocenters. The Morgan fingerprint density at radius 1 is 1.18 bits per heavy atom. The van der Waals surface area contributed by atoms with Gasteiger partial charge >= 0.3 is 5.97 Å². The van der Waals surface area contributed by atoms with Crippen LogP contribution in [0.2, 0.25) is 0 Å². The highest BCUT2D eigenvalue weighted by Gasteiger charge is 2.24. The molecule has 0 saturated carbocycles. The van der Waals surface area contributed by atoms with Crippen molar-refractivity contribution in [3.63, 3.8) is 0 Å². The lowest BCUT2D eigenvalue weighted by Crippen LogP contribution is -2.16. The van der Waals surface area contributed by atoms with E-state index in [2.05, 4.69) is 18.4 Å². The van der Waals surface area contributed by atoms with Gasteiger partial charge in [0.05, 0.1) is 6.61 Å². The van der Waals surface area contributed by atoms with Gasteiger partial charge in [-0.25, -0.2) is 4.79 Å². The minimum Gasteiger partial charge on any atom is -0.451 e. The van der Waals surface area contributed by atoms with Crippen molar-refractivity contribution < 1.29 is 23.5 Å². The number of ketones is 1. The number of furan rings is 1. The number of rotatable bonds is 7. The first-order chi connectivity index (χ1) is 13.3. The topological polar surface area (TPSA) is 70.7 Å². The average molecular weight is 383 g/mol. The van der Waals surface area contributed by atoms with E-state index in [1.165, 1.54) is 0 Å². The predicted octanol–water partition coefficient (Wildman–Crippen LogP) is 4.62. The zero-order chi connectivity index (χ0) is 20.4. The summed E-state index contributed by atoms with van der Waals surface area (Å²) >= 11 is 0. The quantitative estimate of drug-likeness (QED) is 0.440. The fourth-order valence-corrected chi connectivity index (χ4v) is 3.68. The fourth-order valence-electron chi connectivity index (χ4n) is 3.68. The van der Waals surface area contributed by atoms with Gasteiger partial charge in [0.25, 0.3) is 0 Å². The molecule has 0 radical (unpaired) electrons. The number of benzene rings is 1. The number of carbonyl (C=O) groups is 2. The molecular weight excluding hydrogens is 358 g/mol. The predicted molar refractivity (Wildman–Crippen MR) is 106 cm³/mol. The lowest BCUT2D eigenvalue weighted by molar-refractivity contribution is 0.0441. The molecule has 2 aromatic heterocycles. The van der Waals surface area contributed by atoms with E-state index in [9.17, 15) is 9.59 Å². The van der Waals surface area contributed by atoms with Crippen LogP contribution in [0.4, 0.5) is 0 Å². The van der Waals surface area contributed by atoms with Gasteiger partial charge in [0, 0.05) is 41.1 Å². The van der Waals surface area contributed by atoms with E-state index >= 15 is 0 Å². The largest absolute Gasteiger partial charge is 0.451 e. The standard InChI is InChI=1S/C22H25NO5/c1-13(2)23-14(3)10-17(15(23)4)19(24)12-27-22(25)21-18(11-26-5)16-8-6-7-9-20(16)28-21/h6-10,13H,11-12H2,1-5H3. The smallest absolute Gasteiger partial charge is 0.375 e. The maximum Gasteiger partial charge on any atom is 0.375 e. The Kier molecular flexibility index (Phi) is 5.70. The van der Waals surface area contributed by atoms with Crippen LogP contribution < -0.4 is 0 Å². The molecule has 0 aliphatic carbocycles. The Balaban J connectivity index is 1.79. The van der Waals surface area contributed by atoms with Gasteiger partial charge in [-0.1, -0.05) is 18.2 Å². The molecule has 3 aromatic rings. The first-order valence-corrected chi connectivity index (χ1v) is 9.23. The van der Waals surface area contributed by atoms with E-state index in [0.717, 1.165) is 16.8 Å². The minimum absolute atomic E-state index is 0.0727. The summed E-state index contributed by atoms with van der Waals surface area (Å²) in [6, 6.07) is 9.40. The van der Waals surface area contributed by atoms with E-state index in [1.54, 1.807) is 13.2 Å². The molecular formula is C22H25NO5. The summed E-state index contributed by atoms with van der Waals surface area (Å²) in [5.74, 6) is -0.837. The van der Waals surface area contributed by atoms with Crippen LogP contribution in [0.3, 0.4) is 0 Å². The number of esters is 1. The van der Waals surface area contributed by atoms with Gasteiger partial charge in [-0.2, -0.15) is 0 Å². The van der Waals surface area contributed by atoms with Gasteiger partial charge in [0.15, 0.2) is 6.61 Å².